The van der Waals surface area contributed by atoms with E-state index in [0.717, 1.165) is 16.7 Å². The molecule has 8 heteroatoms. The minimum absolute atomic E-state index is 0.0934. The van der Waals surface area contributed by atoms with Crippen molar-refractivity contribution in [3.63, 3.8) is 0 Å². The van der Waals surface area contributed by atoms with E-state index >= 15 is 0 Å². The molecule has 2 aliphatic heterocycles. The summed E-state index contributed by atoms with van der Waals surface area (Å²) in [5, 5.41) is 6.41. The lowest BCUT2D eigenvalue weighted by atomic mass is 9.76. The molecule has 0 radical (unpaired) electrons. The van der Waals surface area contributed by atoms with Gasteiger partial charge in [-0.25, -0.2) is 0 Å². The molecule has 0 bridgehead atoms. The summed E-state index contributed by atoms with van der Waals surface area (Å²) < 4.78 is 11.2. The van der Waals surface area contributed by atoms with Crippen molar-refractivity contribution in [3.8, 4) is 11.5 Å². The lowest BCUT2D eigenvalue weighted by molar-refractivity contribution is -0.124. The van der Waals surface area contributed by atoms with Crippen LogP contribution >= 0.6 is 0 Å². The largest absolute Gasteiger partial charge is 0.454 e. The number of benzene rings is 3. The molecule has 0 unspecified atom stereocenters. The van der Waals surface area contributed by atoms with Gasteiger partial charge < -0.3 is 19.7 Å². The number of nitroso groups, excluding NO2 is 1. The monoisotopic (exact) mass is 525 g/mol. The van der Waals surface area contributed by atoms with E-state index in [2.05, 4.69) is 10.5 Å². The number of carbonyl (C=O) groups excluding carboxylic acids is 2. The van der Waals surface area contributed by atoms with E-state index in [1.165, 1.54) is 0 Å². The van der Waals surface area contributed by atoms with Crippen LogP contribution in [0.15, 0.2) is 78.0 Å². The summed E-state index contributed by atoms with van der Waals surface area (Å²) in [6.45, 7) is 0.625. The third-order valence-electron chi connectivity index (χ3n) is 8.16. The van der Waals surface area contributed by atoms with Gasteiger partial charge in [-0.15, -0.1) is 0 Å². The van der Waals surface area contributed by atoms with Gasteiger partial charge in [-0.1, -0.05) is 59.8 Å². The maximum Gasteiger partial charge on any atom is 0.254 e. The predicted octanol–water partition coefficient (Wildman–Crippen LogP) is 5.13. The molecule has 3 aromatic carbocycles. The molecule has 0 saturated heterocycles. The van der Waals surface area contributed by atoms with Gasteiger partial charge in [-0.3, -0.25) is 9.59 Å². The number of amides is 2. The zero-order valence-corrected chi connectivity index (χ0v) is 21.6. The molecule has 3 aromatic rings. The van der Waals surface area contributed by atoms with Crippen molar-refractivity contribution < 1.29 is 19.1 Å². The van der Waals surface area contributed by atoms with Gasteiger partial charge in [0.15, 0.2) is 11.5 Å². The highest BCUT2D eigenvalue weighted by Gasteiger charge is 2.47. The molecule has 1 saturated carbocycles. The van der Waals surface area contributed by atoms with Crippen molar-refractivity contribution in [2.45, 2.75) is 56.1 Å². The Morgan fingerprint density at radius 1 is 0.923 bits per heavy atom. The lowest BCUT2D eigenvalue weighted by Crippen LogP contribution is -2.52. The SMILES string of the molecule is O=NC1CCC(N2C(=O)c3ccccc3[C@@H](C(=O)NCCc3ccccc3)[C@@H]2c2ccc3c(c2)OCO3)CC1. The zero-order chi connectivity index (χ0) is 26.8. The number of nitrogens with one attached hydrogen (secondary N) is 1. The van der Waals surface area contributed by atoms with Gasteiger partial charge in [0.1, 0.15) is 0 Å². The average molecular weight is 526 g/mol. The molecular weight excluding hydrogens is 494 g/mol. The Bertz CT molecular complexity index is 1370. The van der Waals surface area contributed by atoms with Gasteiger partial charge in [0.25, 0.3) is 5.91 Å². The Hall–Kier alpha value is -4.20. The van der Waals surface area contributed by atoms with Gasteiger partial charge in [0.05, 0.1) is 18.0 Å². The predicted molar refractivity (Wildman–Crippen MR) is 146 cm³/mol. The first-order valence-electron chi connectivity index (χ1n) is 13.6. The maximum atomic E-state index is 14.1. The second-order valence-electron chi connectivity index (χ2n) is 10.4. The molecule has 8 nitrogen and oxygen atoms in total. The number of ether oxygens (including phenoxy) is 2. The van der Waals surface area contributed by atoms with Crippen molar-refractivity contribution >= 4 is 11.8 Å². The number of hydrogen-bond donors (Lipinski definition) is 1. The molecule has 39 heavy (non-hydrogen) atoms. The Morgan fingerprint density at radius 3 is 2.46 bits per heavy atom. The van der Waals surface area contributed by atoms with Crippen molar-refractivity contribution in [1.29, 1.82) is 0 Å². The van der Waals surface area contributed by atoms with Crippen molar-refractivity contribution in [2.75, 3.05) is 13.3 Å². The molecule has 2 atom stereocenters. The number of nitrogens with zero attached hydrogens (tertiary/aromatic N) is 2. The molecule has 1 N–H and O–H groups in total. The molecule has 2 amide bonds. The highest BCUT2D eigenvalue weighted by atomic mass is 16.7. The van der Waals surface area contributed by atoms with Crippen LogP contribution in [0, 0.1) is 4.91 Å². The number of rotatable bonds is 7. The van der Waals surface area contributed by atoms with E-state index < -0.39 is 12.0 Å². The van der Waals surface area contributed by atoms with Crippen LogP contribution in [0.4, 0.5) is 0 Å². The first-order chi connectivity index (χ1) is 19.1. The summed E-state index contributed by atoms with van der Waals surface area (Å²) in [7, 11) is 0. The van der Waals surface area contributed by atoms with Gasteiger partial charge in [0.2, 0.25) is 12.7 Å². The Morgan fingerprint density at radius 2 is 1.67 bits per heavy atom. The van der Waals surface area contributed by atoms with Gasteiger partial charge in [-0.05, 0) is 67.0 Å². The standard InChI is InChI=1S/C31H31N3O5/c35-30(32-17-16-20-6-2-1-3-7-20)28-24-8-4-5-9-25(24)31(36)34(23-13-11-22(33-37)12-14-23)29(28)21-10-15-26-27(18-21)39-19-38-26/h1-10,15,18,22-23,28-29H,11-14,16-17,19H2,(H,32,35)/t22?,23?,28-,29+/m1/s1. The van der Waals surface area contributed by atoms with Gasteiger partial charge in [0, 0.05) is 18.2 Å². The van der Waals surface area contributed by atoms with Crippen LogP contribution in [0.3, 0.4) is 0 Å². The normalized spacial score (nSPS) is 23.7. The molecule has 0 spiro atoms. The highest BCUT2D eigenvalue weighted by Crippen LogP contribution is 2.47. The summed E-state index contributed by atoms with van der Waals surface area (Å²) in [4.78, 5) is 41.2. The smallest absolute Gasteiger partial charge is 0.254 e. The fraction of sp³-hybridized carbons (Fsp3) is 0.355. The maximum absolute atomic E-state index is 14.1. The quantitative estimate of drug-likeness (QED) is 0.431. The number of hydrogen-bond acceptors (Lipinski definition) is 6. The second-order valence-corrected chi connectivity index (χ2v) is 10.4. The first-order valence-corrected chi connectivity index (χ1v) is 13.6. The third kappa shape index (κ3) is 4.87. The minimum Gasteiger partial charge on any atom is -0.454 e. The molecule has 6 rings (SSSR count). The molecule has 200 valence electrons. The van der Waals surface area contributed by atoms with E-state index in [-0.39, 0.29) is 30.7 Å². The number of carbonyl (C=O) groups is 2. The summed E-state index contributed by atoms with van der Waals surface area (Å²) >= 11 is 0. The highest BCUT2D eigenvalue weighted by molar-refractivity contribution is 6.01. The fourth-order valence-corrected chi connectivity index (χ4v) is 6.21. The topological polar surface area (TPSA) is 97.3 Å². The summed E-state index contributed by atoms with van der Waals surface area (Å²) in [6.07, 6.45) is 3.28. The Kier molecular flexibility index (Phi) is 7.00. The minimum atomic E-state index is -0.614. The van der Waals surface area contributed by atoms with Crippen LogP contribution in [0.2, 0.25) is 0 Å². The first kappa shape index (κ1) is 25.1. The van der Waals surface area contributed by atoms with Gasteiger partial charge >= 0.3 is 0 Å². The van der Waals surface area contributed by atoms with E-state index in [4.69, 9.17) is 9.47 Å². The van der Waals surface area contributed by atoms with E-state index in [0.29, 0.717) is 55.7 Å². The van der Waals surface area contributed by atoms with Crippen LogP contribution in [0.25, 0.3) is 0 Å². The molecule has 2 heterocycles. The van der Waals surface area contributed by atoms with Crippen LogP contribution in [-0.2, 0) is 11.2 Å². The molecule has 3 aliphatic rings. The third-order valence-corrected chi connectivity index (χ3v) is 8.16. The van der Waals surface area contributed by atoms with Gasteiger partial charge in [-0.2, -0.15) is 4.91 Å². The van der Waals surface area contributed by atoms with Crippen LogP contribution < -0.4 is 14.8 Å². The lowest BCUT2D eigenvalue weighted by Gasteiger charge is -2.47. The van der Waals surface area contributed by atoms with Crippen LogP contribution in [-0.4, -0.2) is 42.1 Å². The fourth-order valence-electron chi connectivity index (χ4n) is 6.21. The summed E-state index contributed by atoms with van der Waals surface area (Å²) in [5.41, 5.74) is 3.24. The average Bonchev–Trinajstić information content (AvgIpc) is 3.46. The van der Waals surface area contributed by atoms with E-state index in [1.807, 2.05) is 77.7 Å². The molecule has 1 aliphatic carbocycles. The zero-order valence-electron chi connectivity index (χ0n) is 21.6. The van der Waals surface area contributed by atoms with E-state index in [1.54, 1.807) is 0 Å². The van der Waals surface area contributed by atoms with Crippen molar-refractivity contribution in [3.05, 3.63) is 100.0 Å². The van der Waals surface area contributed by atoms with Crippen LogP contribution in [0.1, 0.15) is 64.7 Å². The Balaban J connectivity index is 1.38. The van der Waals surface area contributed by atoms with Crippen molar-refractivity contribution in [1.82, 2.24) is 10.2 Å². The van der Waals surface area contributed by atoms with Crippen molar-refractivity contribution in [2.24, 2.45) is 5.18 Å². The Labute approximate surface area is 227 Å². The molecular formula is C31H31N3O5. The second kappa shape index (κ2) is 10.9. The summed E-state index contributed by atoms with van der Waals surface area (Å²) in [5.74, 6) is 0.424. The molecule has 0 aromatic heterocycles. The number of fused-ring (bicyclic) bond motifs is 2. The van der Waals surface area contributed by atoms with Crippen LogP contribution in [0.5, 0.6) is 11.5 Å². The van der Waals surface area contributed by atoms with E-state index in [9.17, 15) is 14.5 Å². The molecule has 1 fully saturated rings. The summed E-state index contributed by atoms with van der Waals surface area (Å²) in [6, 6.07) is 22.2.